The minimum atomic E-state index is 0.430. The molecule has 0 radical (unpaired) electrons. The van der Waals surface area contributed by atoms with Gasteiger partial charge in [-0.1, -0.05) is 58.5 Å². The zero-order chi connectivity index (χ0) is 14.5. The monoisotopic (exact) mass is 348 g/mol. The lowest BCUT2D eigenvalue weighted by molar-refractivity contribution is 0.830. The predicted octanol–water partition coefficient (Wildman–Crippen LogP) is 4.11. The van der Waals surface area contributed by atoms with Crippen molar-refractivity contribution in [3.63, 3.8) is 0 Å². The average molecular weight is 349 g/mol. The van der Waals surface area contributed by atoms with Gasteiger partial charge in [0.1, 0.15) is 4.99 Å². The molecule has 0 bridgehead atoms. The van der Waals surface area contributed by atoms with Gasteiger partial charge in [0.25, 0.3) is 0 Å². The summed E-state index contributed by atoms with van der Waals surface area (Å²) in [6.07, 6.45) is 0. The largest absolute Gasteiger partial charge is 0.389 e. The number of hydrogen-bond donors (Lipinski definition) is 1. The van der Waals surface area contributed by atoms with Gasteiger partial charge in [-0.15, -0.1) is 0 Å². The highest BCUT2D eigenvalue weighted by Gasteiger charge is 2.12. The summed E-state index contributed by atoms with van der Waals surface area (Å²) in [6.45, 7) is 3.86. The van der Waals surface area contributed by atoms with Crippen molar-refractivity contribution < 1.29 is 0 Å². The average Bonchev–Trinajstić information content (AvgIpc) is 2.45. The zero-order valence-corrected chi connectivity index (χ0v) is 13.7. The van der Waals surface area contributed by atoms with Crippen LogP contribution in [-0.4, -0.2) is 11.5 Å². The molecule has 0 fully saturated rings. The first-order valence-corrected chi connectivity index (χ1v) is 7.70. The molecule has 4 heteroatoms. The molecule has 0 aliphatic rings. The maximum atomic E-state index is 5.84. The molecular weight excluding hydrogens is 332 g/mol. The fourth-order valence-electron chi connectivity index (χ4n) is 2.15. The maximum Gasteiger partial charge on any atom is 0.106 e. The Morgan fingerprint density at radius 2 is 1.90 bits per heavy atom. The summed E-state index contributed by atoms with van der Waals surface area (Å²) < 4.78 is 1.03. The number of thiocarbonyl (C=S) groups is 1. The number of nitrogens with zero attached hydrogens (tertiary/aromatic N) is 1. The van der Waals surface area contributed by atoms with Gasteiger partial charge >= 0.3 is 0 Å². The van der Waals surface area contributed by atoms with Crippen molar-refractivity contribution in [3.8, 4) is 0 Å². The first kappa shape index (κ1) is 15.0. The zero-order valence-electron chi connectivity index (χ0n) is 11.3. The smallest absolute Gasteiger partial charge is 0.106 e. The number of halogens is 1. The third kappa shape index (κ3) is 3.58. The highest BCUT2D eigenvalue weighted by Crippen LogP contribution is 2.26. The van der Waals surface area contributed by atoms with Crippen molar-refractivity contribution in [1.82, 2.24) is 0 Å². The molecule has 0 amide bonds. The van der Waals surface area contributed by atoms with E-state index in [1.165, 1.54) is 5.56 Å². The van der Waals surface area contributed by atoms with E-state index in [1.807, 2.05) is 18.2 Å². The normalized spacial score (nSPS) is 10.3. The van der Waals surface area contributed by atoms with E-state index in [1.54, 1.807) is 0 Å². The van der Waals surface area contributed by atoms with Crippen LogP contribution in [0.4, 0.5) is 5.69 Å². The molecule has 0 atom stereocenters. The molecule has 2 aromatic carbocycles. The van der Waals surface area contributed by atoms with Gasteiger partial charge in [-0.2, -0.15) is 0 Å². The summed E-state index contributed by atoms with van der Waals surface area (Å²) in [7, 11) is 0. The molecular formula is C16H17BrN2S. The molecule has 0 saturated heterocycles. The van der Waals surface area contributed by atoms with Crippen molar-refractivity contribution in [2.75, 3.05) is 11.4 Å². The topological polar surface area (TPSA) is 29.3 Å². The van der Waals surface area contributed by atoms with Crippen molar-refractivity contribution in [3.05, 3.63) is 64.1 Å². The summed E-state index contributed by atoms with van der Waals surface area (Å²) >= 11 is 8.68. The highest BCUT2D eigenvalue weighted by molar-refractivity contribution is 9.10. The lowest BCUT2D eigenvalue weighted by Gasteiger charge is -2.26. The molecule has 0 aliphatic carbocycles. The molecule has 2 nitrogen and oxygen atoms in total. The van der Waals surface area contributed by atoms with Gasteiger partial charge in [-0.05, 0) is 30.7 Å². The van der Waals surface area contributed by atoms with E-state index in [-0.39, 0.29) is 0 Å². The Kier molecular flexibility index (Phi) is 5.15. The van der Waals surface area contributed by atoms with Crippen LogP contribution in [0.2, 0.25) is 0 Å². The third-order valence-electron chi connectivity index (χ3n) is 3.16. The van der Waals surface area contributed by atoms with Crippen LogP contribution in [0.25, 0.3) is 0 Å². The third-order valence-corrected chi connectivity index (χ3v) is 3.88. The Morgan fingerprint density at radius 3 is 2.50 bits per heavy atom. The van der Waals surface area contributed by atoms with E-state index >= 15 is 0 Å². The quantitative estimate of drug-likeness (QED) is 0.824. The van der Waals surface area contributed by atoms with Crippen LogP contribution in [-0.2, 0) is 6.54 Å². The summed E-state index contributed by atoms with van der Waals surface area (Å²) in [5.41, 5.74) is 9.09. The Morgan fingerprint density at radius 1 is 1.20 bits per heavy atom. The van der Waals surface area contributed by atoms with Gasteiger partial charge in [0.2, 0.25) is 0 Å². The van der Waals surface area contributed by atoms with Crippen LogP contribution < -0.4 is 10.6 Å². The molecule has 0 aromatic heterocycles. The Bertz CT molecular complexity index is 599. The number of hydrogen-bond acceptors (Lipinski definition) is 2. The van der Waals surface area contributed by atoms with Gasteiger partial charge in [-0.3, -0.25) is 0 Å². The Hall–Kier alpha value is -1.39. The molecule has 20 heavy (non-hydrogen) atoms. The first-order valence-electron chi connectivity index (χ1n) is 6.50. The standard InChI is InChI=1S/C16H17BrN2S/c1-2-19(11-12-6-4-3-5-7-12)15-10-13(17)8-9-14(15)16(18)20/h3-10H,2,11H2,1H3,(H2,18,20). The van der Waals surface area contributed by atoms with E-state index in [2.05, 4.69) is 58.1 Å². The lowest BCUT2D eigenvalue weighted by Crippen LogP contribution is -2.25. The minimum Gasteiger partial charge on any atom is -0.389 e. The minimum absolute atomic E-state index is 0.430. The predicted molar refractivity (Wildman–Crippen MR) is 93.2 cm³/mol. The van der Waals surface area contributed by atoms with Gasteiger partial charge in [0.05, 0.1) is 0 Å². The molecule has 104 valence electrons. The van der Waals surface area contributed by atoms with Crippen molar-refractivity contribution in [2.24, 2.45) is 5.73 Å². The number of benzene rings is 2. The molecule has 0 unspecified atom stereocenters. The number of anilines is 1. The molecule has 0 heterocycles. The maximum absolute atomic E-state index is 5.84. The first-order chi connectivity index (χ1) is 9.61. The summed E-state index contributed by atoms with van der Waals surface area (Å²) in [4.78, 5) is 2.70. The van der Waals surface area contributed by atoms with Gasteiger partial charge in [-0.25, -0.2) is 0 Å². The molecule has 2 rings (SSSR count). The number of nitrogens with two attached hydrogens (primary N) is 1. The van der Waals surface area contributed by atoms with Crippen LogP contribution in [0, 0.1) is 0 Å². The van der Waals surface area contributed by atoms with Gasteiger partial charge < -0.3 is 10.6 Å². The molecule has 0 saturated carbocycles. The van der Waals surface area contributed by atoms with E-state index in [4.69, 9.17) is 18.0 Å². The van der Waals surface area contributed by atoms with Gasteiger partial charge in [0.15, 0.2) is 0 Å². The molecule has 0 aliphatic heterocycles. The second-order valence-corrected chi connectivity index (χ2v) is 5.88. The SMILES string of the molecule is CCN(Cc1ccccc1)c1cc(Br)ccc1C(N)=S. The fraction of sp³-hybridized carbons (Fsp3) is 0.188. The van der Waals surface area contributed by atoms with Crippen molar-refractivity contribution in [2.45, 2.75) is 13.5 Å². The highest BCUT2D eigenvalue weighted by atomic mass is 79.9. The summed E-state index contributed by atoms with van der Waals surface area (Å²) in [5.74, 6) is 0. The summed E-state index contributed by atoms with van der Waals surface area (Å²) in [5, 5.41) is 0. The van der Waals surface area contributed by atoms with Crippen molar-refractivity contribution >= 4 is 38.8 Å². The van der Waals surface area contributed by atoms with Crippen LogP contribution in [0.15, 0.2) is 53.0 Å². The Labute approximate surface area is 133 Å². The number of rotatable bonds is 5. The second-order valence-electron chi connectivity index (χ2n) is 4.53. The van der Waals surface area contributed by atoms with Crippen molar-refractivity contribution in [1.29, 1.82) is 0 Å². The summed E-state index contributed by atoms with van der Waals surface area (Å²) in [6, 6.07) is 16.4. The second kappa shape index (κ2) is 6.86. The van der Waals surface area contributed by atoms with E-state index < -0.39 is 0 Å². The van der Waals surface area contributed by atoms with Gasteiger partial charge in [0, 0.05) is 28.8 Å². The van der Waals surface area contributed by atoms with Crippen LogP contribution >= 0.6 is 28.1 Å². The molecule has 2 N–H and O–H groups in total. The molecule has 0 spiro atoms. The Balaban J connectivity index is 2.36. The van der Waals surface area contributed by atoms with E-state index in [9.17, 15) is 0 Å². The van der Waals surface area contributed by atoms with E-state index in [0.717, 1.165) is 28.8 Å². The van der Waals surface area contributed by atoms with Crippen LogP contribution in [0.1, 0.15) is 18.1 Å². The molecule has 2 aromatic rings. The van der Waals surface area contributed by atoms with Crippen LogP contribution in [0.3, 0.4) is 0 Å². The fourth-order valence-corrected chi connectivity index (χ4v) is 2.67. The lowest BCUT2D eigenvalue weighted by atomic mass is 10.1. The van der Waals surface area contributed by atoms with E-state index in [0.29, 0.717) is 4.99 Å². The van der Waals surface area contributed by atoms with Crippen LogP contribution in [0.5, 0.6) is 0 Å².